The maximum Gasteiger partial charge on any atom is 0.325 e. The molecule has 2 aliphatic rings. The first-order valence-electron chi connectivity index (χ1n) is 9.04. The topological polar surface area (TPSA) is 78.5 Å². The highest BCUT2D eigenvalue weighted by atomic mass is 16.2. The molecule has 1 aliphatic heterocycles. The van der Waals surface area contributed by atoms with Crippen LogP contribution >= 0.6 is 0 Å². The van der Waals surface area contributed by atoms with E-state index >= 15 is 0 Å². The fourth-order valence-corrected chi connectivity index (χ4v) is 3.82. The van der Waals surface area contributed by atoms with Gasteiger partial charge in [-0.25, -0.2) is 4.79 Å². The quantitative estimate of drug-likeness (QED) is 0.779. The Balaban J connectivity index is 1.65. The molecule has 2 N–H and O–H groups in total. The number of carbonyl (C=O) groups is 3. The van der Waals surface area contributed by atoms with Crippen LogP contribution in [0.25, 0.3) is 0 Å². The Morgan fingerprint density at radius 1 is 1.24 bits per heavy atom. The highest BCUT2D eigenvalue weighted by molar-refractivity contribution is 6.09. The number of carbonyl (C=O) groups excluding carboxylic acids is 3. The SMILES string of the molecule is CCC[C@H](NC(=O)CN1C(=O)NC2(CCCC2)C1=O)c1ccccc1. The van der Waals surface area contributed by atoms with E-state index in [9.17, 15) is 14.4 Å². The van der Waals surface area contributed by atoms with Gasteiger partial charge >= 0.3 is 6.03 Å². The number of nitrogens with one attached hydrogen (secondary N) is 2. The Morgan fingerprint density at radius 2 is 1.92 bits per heavy atom. The van der Waals surface area contributed by atoms with Crippen LogP contribution in [0.2, 0.25) is 0 Å². The second kappa shape index (κ2) is 7.25. The summed E-state index contributed by atoms with van der Waals surface area (Å²) in [7, 11) is 0. The zero-order chi connectivity index (χ0) is 17.9. The molecule has 1 saturated carbocycles. The molecule has 2 fully saturated rings. The number of amides is 4. The van der Waals surface area contributed by atoms with Crippen LogP contribution in [0.4, 0.5) is 4.79 Å². The number of hydrogen-bond donors (Lipinski definition) is 2. The summed E-state index contributed by atoms with van der Waals surface area (Å²) in [6.45, 7) is 1.84. The van der Waals surface area contributed by atoms with Crippen LogP contribution in [0.3, 0.4) is 0 Å². The fourth-order valence-electron chi connectivity index (χ4n) is 3.82. The molecule has 1 saturated heterocycles. The Hall–Kier alpha value is -2.37. The summed E-state index contributed by atoms with van der Waals surface area (Å²) in [5.74, 6) is -0.558. The van der Waals surface area contributed by atoms with Crippen molar-refractivity contribution in [1.82, 2.24) is 15.5 Å². The van der Waals surface area contributed by atoms with Crippen molar-refractivity contribution < 1.29 is 14.4 Å². The molecule has 134 valence electrons. The standard InChI is InChI=1S/C19H25N3O3/c1-2-8-15(14-9-4-3-5-10-14)20-16(23)13-22-17(24)19(21-18(22)25)11-6-7-12-19/h3-5,9-10,15H,2,6-8,11-13H2,1H3,(H,20,23)(H,21,25)/t15-/m0/s1. The Morgan fingerprint density at radius 3 is 2.56 bits per heavy atom. The Kier molecular flexibility index (Phi) is 5.06. The summed E-state index contributed by atoms with van der Waals surface area (Å²) in [6.07, 6.45) is 4.92. The molecule has 1 spiro atoms. The van der Waals surface area contributed by atoms with Crippen LogP contribution < -0.4 is 10.6 Å². The lowest BCUT2D eigenvalue weighted by Crippen LogP contribution is -2.45. The van der Waals surface area contributed by atoms with E-state index in [1.807, 2.05) is 30.3 Å². The molecule has 4 amide bonds. The lowest BCUT2D eigenvalue weighted by atomic mass is 9.98. The normalized spacial score (nSPS) is 20.0. The highest BCUT2D eigenvalue weighted by Crippen LogP contribution is 2.34. The maximum atomic E-state index is 12.6. The number of imide groups is 1. The van der Waals surface area contributed by atoms with E-state index in [1.54, 1.807) is 0 Å². The van der Waals surface area contributed by atoms with Gasteiger partial charge in [0, 0.05) is 0 Å². The third kappa shape index (κ3) is 3.52. The number of hydrogen-bond acceptors (Lipinski definition) is 3. The van der Waals surface area contributed by atoms with Crippen molar-refractivity contribution >= 4 is 17.8 Å². The van der Waals surface area contributed by atoms with Crippen molar-refractivity contribution in [3.8, 4) is 0 Å². The van der Waals surface area contributed by atoms with Gasteiger partial charge in [0.1, 0.15) is 12.1 Å². The predicted molar refractivity (Wildman–Crippen MR) is 93.7 cm³/mol. The molecule has 1 aromatic carbocycles. The third-order valence-corrected chi connectivity index (χ3v) is 5.12. The first-order chi connectivity index (χ1) is 12.1. The summed E-state index contributed by atoms with van der Waals surface area (Å²) in [5.41, 5.74) is 0.266. The van der Waals surface area contributed by atoms with Crippen molar-refractivity contribution in [3.63, 3.8) is 0 Å². The first kappa shape index (κ1) is 17.5. The van der Waals surface area contributed by atoms with E-state index in [0.717, 1.165) is 36.1 Å². The lowest BCUT2D eigenvalue weighted by molar-refractivity contribution is -0.135. The summed E-state index contributed by atoms with van der Waals surface area (Å²) in [5, 5.41) is 5.77. The van der Waals surface area contributed by atoms with Gasteiger partial charge in [0.25, 0.3) is 5.91 Å². The van der Waals surface area contributed by atoms with Crippen LogP contribution in [0.5, 0.6) is 0 Å². The minimum Gasteiger partial charge on any atom is -0.348 e. The molecule has 1 atom stereocenters. The van der Waals surface area contributed by atoms with Crippen molar-refractivity contribution in [2.45, 2.75) is 57.0 Å². The van der Waals surface area contributed by atoms with Gasteiger partial charge in [-0.05, 0) is 24.8 Å². The zero-order valence-electron chi connectivity index (χ0n) is 14.6. The van der Waals surface area contributed by atoms with E-state index in [4.69, 9.17) is 0 Å². The molecule has 6 heteroatoms. The Bertz CT molecular complexity index is 653. The first-order valence-corrected chi connectivity index (χ1v) is 9.04. The average Bonchev–Trinajstić information content (AvgIpc) is 3.16. The van der Waals surface area contributed by atoms with Crippen LogP contribution in [0.15, 0.2) is 30.3 Å². The molecule has 1 aromatic rings. The highest BCUT2D eigenvalue weighted by Gasteiger charge is 2.52. The third-order valence-electron chi connectivity index (χ3n) is 5.12. The molecule has 1 heterocycles. The fraction of sp³-hybridized carbons (Fsp3) is 0.526. The molecule has 0 radical (unpaired) electrons. The van der Waals surface area contributed by atoms with Gasteiger partial charge in [0.15, 0.2) is 0 Å². The average molecular weight is 343 g/mol. The van der Waals surface area contributed by atoms with E-state index in [2.05, 4.69) is 17.6 Å². The Labute approximate surface area is 148 Å². The number of nitrogens with zero attached hydrogens (tertiary/aromatic N) is 1. The van der Waals surface area contributed by atoms with E-state index in [1.165, 1.54) is 0 Å². The van der Waals surface area contributed by atoms with Gasteiger partial charge < -0.3 is 10.6 Å². The lowest BCUT2D eigenvalue weighted by Gasteiger charge is -2.22. The second-order valence-electron chi connectivity index (χ2n) is 6.93. The van der Waals surface area contributed by atoms with Gasteiger partial charge in [-0.15, -0.1) is 0 Å². The summed E-state index contributed by atoms with van der Waals surface area (Å²) < 4.78 is 0. The molecule has 0 unspecified atom stereocenters. The zero-order valence-corrected chi connectivity index (χ0v) is 14.6. The number of rotatable bonds is 6. The van der Waals surface area contributed by atoms with Crippen LogP contribution in [-0.2, 0) is 9.59 Å². The summed E-state index contributed by atoms with van der Waals surface area (Å²) >= 11 is 0. The van der Waals surface area contributed by atoms with Crippen molar-refractivity contribution in [2.24, 2.45) is 0 Å². The number of urea groups is 1. The molecule has 0 aromatic heterocycles. The van der Waals surface area contributed by atoms with Gasteiger partial charge in [-0.3, -0.25) is 14.5 Å². The molecule has 3 rings (SSSR count). The molecule has 1 aliphatic carbocycles. The minimum absolute atomic E-state index is 0.111. The minimum atomic E-state index is -0.764. The van der Waals surface area contributed by atoms with E-state index in [0.29, 0.717) is 12.8 Å². The van der Waals surface area contributed by atoms with Gasteiger partial charge in [-0.1, -0.05) is 56.5 Å². The van der Waals surface area contributed by atoms with Crippen LogP contribution in [0.1, 0.15) is 57.1 Å². The van der Waals surface area contributed by atoms with E-state index in [-0.39, 0.29) is 24.4 Å². The maximum absolute atomic E-state index is 12.6. The van der Waals surface area contributed by atoms with Gasteiger partial charge in [-0.2, -0.15) is 0 Å². The largest absolute Gasteiger partial charge is 0.348 e. The summed E-state index contributed by atoms with van der Waals surface area (Å²) in [6, 6.07) is 9.19. The van der Waals surface area contributed by atoms with Crippen molar-refractivity contribution in [3.05, 3.63) is 35.9 Å². The molecular formula is C19H25N3O3. The van der Waals surface area contributed by atoms with Gasteiger partial charge in [0.2, 0.25) is 5.91 Å². The van der Waals surface area contributed by atoms with Crippen LogP contribution in [-0.4, -0.2) is 34.8 Å². The molecular weight excluding hydrogens is 318 g/mol. The van der Waals surface area contributed by atoms with Gasteiger partial charge in [0.05, 0.1) is 6.04 Å². The molecule has 6 nitrogen and oxygen atoms in total. The van der Waals surface area contributed by atoms with Crippen molar-refractivity contribution in [1.29, 1.82) is 0 Å². The second-order valence-corrected chi connectivity index (χ2v) is 6.93. The summed E-state index contributed by atoms with van der Waals surface area (Å²) in [4.78, 5) is 38.3. The molecule has 25 heavy (non-hydrogen) atoms. The van der Waals surface area contributed by atoms with E-state index < -0.39 is 11.6 Å². The number of benzene rings is 1. The molecule has 0 bridgehead atoms. The van der Waals surface area contributed by atoms with Crippen LogP contribution in [0, 0.1) is 0 Å². The van der Waals surface area contributed by atoms with Crippen molar-refractivity contribution in [2.75, 3.05) is 6.54 Å². The predicted octanol–water partition coefficient (Wildman–Crippen LogP) is 2.51. The monoisotopic (exact) mass is 343 g/mol. The smallest absolute Gasteiger partial charge is 0.325 e.